The van der Waals surface area contributed by atoms with E-state index in [0.717, 1.165) is 35.4 Å². The summed E-state index contributed by atoms with van der Waals surface area (Å²) >= 11 is 3.56. The van der Waals surface area contributed by atoms with Gasteiger partial charge in [-0.3, -0.25) is 0 Å². The van der Waals surface area contributed by atoms with Crippen LogP contribution in [0.25, 0.3) is 0 Å². The van der Waals surface area contributed by atoms with Crippen LogP contribution in [0, 0.1) is 11.3 Å². The lowest BCUT2D eigenvalue weighted by molar-refractivity contribution is 0.285. The molecule has 0 aliphatic heterocycles. The second-order valence-corrected chi connectivity index (χ2v) is 6.08. The number of nitriles is 1. The number of hydrogen-bond donors (Lipinski definition) is 1. The summed E-state index contributed by atoms with van der Waals surface area (Å²) in [5.74, 6) is 1.49. The maximum absolute atomic E-state index is 8.51. The van der Waals surface area contributed by atoms with Gasteiger partial charge in [-0.15, -0.1) is 0 Å². The summed E-state index contributed by atoms with van der Waals surface area (Å²) in [5, 5.41) is 12.0. The monoisotopic (exact) mass is 352 g/mol. The molecule has 4 nitrogen and oxygen atoms in total. The number of halogens is 1. The fourth-order valence-corrected chi connectivity index (χ4v) is 2.65. The predicted molar refractivity (Wildman–Crippen MR) is 85.5 cm³/mol. The van der Waals surface area contributed by atoms with Crippen LogP contribution in [0.5, 0.6) is 11.5 Å². The number of benzene rings is 1. The van der Waals surface area contributed by atoms with Crippen molar-refractivity contribution in [2.24, 2.45) is 0 Å². The topological polar surface area (TPSA) is 54.3 Å². The fourth-order valence-electron chi connectivity index (χ4n) is 2.05. The van der Waals surface area contributed by atoms with Crippen molar-refractivity contribution in [3.63, 3.8) is 0 Å². The van der Waals surface area contributed by atoms with Crippen molar-refractivity contribution in [3.8, 4) is 17.6 Å². The number of nitrogens with zero attached hydrogens (tertiary/aromatic N) is 1. The Labute approximate surface area is 134 Å². The van der Waals surface area contributed by atoms with E-state index in [1.807, 2.05) is 6.07 Å². The number of nitrogens with one attached hydrogen (secondary N) is 1. The first-order valence-corrected chi connectivity index (χ1v) is 8.13. The van der Waals surface area contributed by atoms with Gasteiger partial charge in [-0.2, -0.15) is 5.26 Å². The molecule has 2 rings (SSSR count). The Bertz CT molecular complexity index is 510. The molecule has 0 saturated heterocycles. The van der Waals surface area contributed by atoms with Crippen LogP contribution in [-0.2, 0) is 6.54 Å². The molecule has 1 aliphatic carbocycles. The summed E-state index contributed by atoms with van der Waals surface area (Å²) < 4.78 is 12.1. The second kappa shape index (κ2) is 8.26. The Balaban J connectivity index is 1.93. The zero-order chi connectivity index (χ0) is 15.1. The third-order valence-corrected chi connectivity index (χ3v) is 3.98. The minimum atomic E-state index is 0.577. The lowest BCUT2D eigenvalue weighted by atomic mass is 10.2. The van der Waals surface area contributed by atoms with Crippen molar-refractivity contribution in [2.75, 3.05) is 13.7 Å². The van der Waals surface area contributed by atoms with E-state index in [-0.39, 0.29) is 0 Å². The van der Waals surface area contributed by atoms with Gasteiger partial charge in [0.15, 0.2) is 11.5 Å². The second-order valence-electron chi connectivity index (χ2n) is 5.23. The highest BCUT2D eigenvalue weighted by molar-refractivity contribution is 9.10. The number of rotatable bonds is 9. The van der Waals surface area contributed by atoms with Gasteiger partial charge in [0.25, 0.3) is 0 Å². The lowest BCUT2D eigenvalue weighted by Crippen LogP contribution is -2.15. The van der Waals surface area contributed by atoms with Crippen molar-refractivity contribution in [3.05, 3.63) is 22.2 Å². The SMILES string of the molecule is COc1cc(CNC2CC2)cc(Br)c1OCCCCC#N. The Morgan fingerprint density at radius 3 is 2.86 bits per heavy atom. The minimum Gasteiger partial charge on any atom is -0.493 e. The van der Waals surface area contributed by atoms with Crippen LogP contribution < -0.4 is 14.8 Å². The van der Waals surface area contributed by atoms with Crippen LogP contribution in [0.4, 0.5) is 0 Å². The normalized spacial score (nSPS) is 13.8. The van der Waals surface area contributed by atoms with Gasteiger partial charge in [0.1, 0.15) is 0 Å². The van der Waals surface area contributed by atoms with E-state index in [2.05, 4.69) is 33.4 Å². The highest BCUT2D eigenvalue weighted by Crippen LogP contribution is 2.37. The molecule has 1 saturated carbocycles. The average Bonchev–Trinajstić information content (AvgIpc) is 3.30. The highest BCUT2D eigenvalue weighted by atomic mass is 79.9. The minimum absolute atomic E-state index is 0.577. The summed E-state index contributed by atoms with van der Waals surface area (Å²) in [5.41, 5.74) is 1.18. The average molecular weight is 353 g/mol. The number of unbranched alkanes of at least 4 members (excludes halogenated alkanes) is 2. The molecule has 0 aromatic heterocycles. The van der Waals surface area contributed by atoms with E-state index in [0.29, 0.717) is 19.1 Å². The van der Waals surface area contributed by atoms with Crippen molar-refractivity contribution < 1.29 is 9.47 Å². The zero-order valence-corrected chi connectivity index (χ0v) is 13.9. The van der Waals surface area contributed by atoms with Crippen molar-refractivity contribution in [1.82, 2.24) is 5.32 Å². The number of methoxy groups -OCH3 is 1. The van der Waals surface area contributed by atoms with Crippen LogP contribution in [0.15, 0.2) is 16.6 Å². The molecule has 0 amide bonds. The fraction of sp³-hybridized carbons (Fsp3) is 0.562. The first-order chi connectivity index (χ1) is 10.2. The summed E-state index contributed by atoms with van der Waals surface area (Å²) in [6.07, 6.45) is 4.87. The first-order valence-electron chi connectivity index (χ1n) is 7.34. The Hall–Kier alpha value is -1.25. The molecule has 1 N–H and O–H groups in total. The Kier molecular flexibility index (Phi) is 6.34. The van der Waals surface area contributed by atoms with E-state index < -0.39 is 0 Å². The Morgan fingerprint density at radius 1 is 1.38 bits per heavy atom. The number of ether oxygens (including phenoxy) is 2. The van der Waals surface area contributed by atoms with E-state index in [1.54, 1.807) is 7.11 Å². The maximum atomic E-state index is 8.51. The van der Waals surface area contributed by atoms with E-state index in [1.165, 1.54) is 18.4 Å². The van der Waals surface area contributed by atoms with Gasteiger partial charge in [0, 0.05) is 19.0 Å². The third kappa shape index (κ3) is 5.22. The smallest absolute Gasteiger partial charge is 0.175 e. The van der Waals surface area contributed by atoms with Crippen LogP contribution in [0.3, 0.4) is 0 Å². The third-order valence-electron chi connectivity index (χ3n) is 3.39. The molecule has 0 heterocycles. The van der Waals surface area contributed by atoms with E-state index in [4.69, 9.17) is 14.7 Å². The first kappa shape index (κ1) is 16.1. The van der Waals surface area contributed by atoms with E-state index in [9.17, 15) is 0 Å². The van der Waals surface area contributed by atoms with Crippen LogP contribution >= 0.6 is 15.9 Å². The lowest BCUT2D eigenvalue weighted by Gasteiger charge is -2.14. The molecule has 5 heteroatoms. The predicted octanol–water partition coefficient (Wildman–Crippen LogP) is 3.78. The summed E-state index contributed by atoms with van der Waals surface area (Å²) in [6.45, 7) is 1.44. The molecule has 0 bridgehead atoms. The van der Waals surface area contributed by atoms with Gasteiger partial charge in [-0.05, 0) is 59.3 Å². The van der Waals surface area contributed by atoms with Crippen molar-refractivity contribution in [1.29, 1.82) is 5.26 Å². The van der Waals surface area contributed by atoms with Gasteiger partial charge in [0.05, 0.1) is 24.3 Å². The summed E-state index contributed by atoms with van der Waals surface area (Å²) in [6, 6.07) is 6.92. The van der Waals surface area contributed by atoms with Crippen LogP contribution in [-0.4, -0.2) is 19.8 Å². The molecule has 0 unspecified atom stereocenters. The molecular weight excluding hydrogens is 332 g/mol. The van der Waals surface area contributed by atoms with Gasteiger partial charge in [-0.25, -0.2) is 0 Å². The quantitative estimate of drug-likeness (QED) is 0.687. The van der Waals surface area contributed by atoms with Crippen LogP contribution in [0.1, 0.15) is 37.7 Å². The van der Waals surface area contributed by atoms with Crippen molar-refractivity contribution in [2.45, 2.75) is 44.7 Å². The molecule has 114 valence electrons. The molecule has 1 aromatic carbocycles. The molecule has 0 radical (unpaired) electrons. The molecule has 1 fully saturated rings. The Morgan fingerprint density at radius 2 is 2.19 bits per heavy atom. The summed E-state index contributed by atoms with van der Waals surface area (Å²) in [4.78, 5) is 0. The van der Waals surface area contributed by atoms with E-state index >= 15 is 0 Å². The molecule has 21 heavy (non-hydrogen) atoms. The van der Waals surface area contributed by atoms with Crippen LogP contribution in [0.2, 0.25) is 0 Å². The molecule has 1 aromatic rings. The molecular formula is C16H21BrN2O2. The molecule has 0 atom stereocenters. The largest absolute Gasteiger partial charge is 0.493 e. The highest BCUT2D eigenvalue weighted by Gasteiger charge is 2.20. The summed E-state index contributed by atoms with van der Waals surface area (Å²) in [7, 11) is 1.66. The maximum Gasteiger partial charge on any atom is 0.175 e. The van der Waals surface area contributed by atoms with Crippen molar-refractivity contribution >= 4 is 15.9 Å². The van der Waals surface area contributed by atoms with Gasteiger partial charge < -0.3 is 14.8 Å². The van der Waals surface area contributed by atoms with Gasteiger partial charge in [0.2, 0.25) is 0 Å². The van der Waals surface area contributed by atoms with Gasteiger partial charge in [-0.1, -0.05) is 0 Å². The standard InChI is InChI=1S/C16H21BrN2O2/c1-20-15-10-12(11-19-13-5-6-13)9-14(17)16(15)21-8-4-2-3-7-18/h9-10,13,19H,2-6,8,11H2,1H3. The van der Waals surface area contributed by atoms with Gasteiger partial charge >= 0.3 is 0 Å². The molecule has 0 spiro atoms. The molecule has 1 aliphatic rings. The number of hydrogen-bond acceptors (Lipinski definition) is 4. The zero-order valence-electron chi connectivity index (χ0n) is 12.3.